The maximum atomic E-state index is 13.9. The second-order valence-electron chi connectivity index (χ2n) is 7.43. The van der Waals surface area contributed by atoms with Crippen molar-refractivity contribution in [1.82, 2.24) is 4.90 Å². The summed E-state index contributed by atoms with van der Waals surface area (Å²) in [6.07, 6.45) is 1.63. The van der Waals surface area contributed by atoms with Crippen molar-refractivity contribution in [2.75, 3.05) is 7.11 Å². The Bertz CT molecular complexity index is 1350. The van der Waals surface area contributed by atoms with E-state index in [1.165, 1.54) is 13.2 Å². The van der Waals surface area contributed by atoms with Crippen molar-refractivity contribution < 1.29 is 23.5 Å². The fraction of sp³-hybridized carbons (Fsp3) is 0.120. The lowest BCUT2D eigenvalue weighted by atomic mass is 10.1. The first-order valence-corrected chi connectivity index (χ1v) is 12.8. The number of carbonyl (C=O) groups excluding carboxylic acids is 2. The maximum absolute atomic E-state index is 13.9. The van der Waals surface area contributed by atoms with Crippen LogP contribution < -0.4 is 9.47 Å². The van der Waals surface area contributed by atoms with Gasteiger partial charge in [-0.25, -0.2) is 4.39 Å². The van der Waals surface area contributed by atoms with E-state index in [-0.39, 0.29) is 29.1 Å². The molecule has 10 heteroatoms. The van der Waals surface area contributed by atoms with Crippen LogP contribution in [0.1, 0.15) is 16.7 Å². The van der Waals surface area contributed by atoms with Gasteiger partial charge in [-0.1, -0.05) is 47.5 Å². The van der Waals surface area contributed by atoms with E-state index < -0.39 is 5.91 Å². The van der Waals surface area contributed by atoms with E-state index in [0.717, 1.165) is 16.7 Å². The van der Waals surface area contributed by atoms with E-state index >= 15 is 0 Å². The standard InChI is InChI=1S/C25H17Cl2FINO4S/c1-33-21-10-15(9-20(29)23(21)34-13-16-4-2-3-5-19(16)28)11-22-24(31)30(25(32)35-22)12-14-6-7-17(26)18(27)8-14/h2-11H,12-13H2,1H3/b22-11+. The number of ether oxygens (including phenoxy) is 2. The van der Waals surface area contributed by atoms with Gasteiger partial charge in [0.2, 0.25) is 0 Å². The monoisotopic (exact) mass is 643 g/mol. The normalized spacial score (nSPS) is 14.7. The van der Waals surface area contributed by atoms with Gasteiger partial charge in [-0.2, -0.15) is 0 Å². The van der Waals surface area contributed by atoms with Gasteiger partial charge >= 0.3 is 0 Å². The fourth-order valence-electron chi connectivity index (χ4n) is 3.34. The number of amides is 2. The van der Waals surface area contributed by atoms with Crippen molar-refractivity contribution in [3.63, 3.8) is 0 Å². The first-order chi connectivity index (χ1) is 16.8. The highest BCUT2D eigenvalue weighted by atomic mass is 127. The minimum Gasteiger partial charge on any atom is -0.493 e. The number of imide groups is 1. The molecule has 0 saturated carbocycles. The molecule has 3 aromatic rings. The molecule has 4 rings (SSSR count). The van der Waals surface area contributed by atoms with Gasteiger partial charge in [-0.3, -0.25) is 14.5 Å². The van der Waals surface area contributed by atoms with E-state index in [4.69, 9.17) is 32.7 Å². The first-order valence-electron chi connectivity index (χ1n) is 10.2. The molecule has 1 fully saturated rings. The number of benzene rings is 3. The smallest absolute Gasteiger partial charge is 0.293 e. The van der Waals surface area contributed by atoms with Gasteiger partial charge in [0.15, 0.2) is 11.5 Å². The molecular weight excluding hydrogens is 627 g/mol. The van der Waals surface area contributed by atoms with Crippen LogP contribution in [-0.2, 0) is 17.9 Å². The van der Waals surface area contributed by atoms with Crippen molar-refractivity contribution in [2.24, 2.45) is 0 Å². The summed E-state index contributed by atoms with van der Waals surface area (Å²) in [7, 11) is 1.50. The van der Waals surface area contributed by atoms with Crippen LogP contribution in [0.2, 0.25) is 10.0 Å². The summed E-state index contributed by atoms with van der Waals surface area (Å²) in [4.78, 5) is 26.9. The Hall–Kier alpha value is -2.27. The van der Waals surface area contributed by atoms with E-state index in [9.17, 15) is 14.0 Å². The number of halogens is 4. The Morgan fingerprint density at radius 1 is 1.09 bits per heavy atom. The molecule has 0 aliphatic carbocycles. The number of hydrogen-bond acceptors (Lipinski definition) is 5. The topological polar surface area (TPSA) is 55.8 Å². The summed E-state index contributed by atoms with van der Waals surface area (Å²) in [5.41, 5.74) is 1.77. The summed E-state index contributed by atoms with van der Waals surface area (Å²) < 4.78 is 26.0. The zero-order valence-electron chi connectivity index (χ0n) is 18.2. The van der Waals surface area contributed by atoms with E-state index in [0.29, 0.717) is 41.8 Å². The third-order valence-corrected chi connectivity index (χ3v) is 7.53. The van der Waals surface area contributed by atoms with Crippen LogP contribution in [-0.4, -0.2) is 23.2 Å². The van der Waals surface area contributed by atoms with Crippen molar-refractivity contribution >= 4 is 74.8 Å². The van der Waals surface area contributed by atoms with Crippen LogP contribution in [0.25, 0.3) is 6.08 Å². The van der Waals surface area contributed by atoms with Gasteiger partial charge < -0.3 is 9.47 Å². The van der Waals surface area contributed by atoms with E-state index in [2.05, 4.69) is 22.6 Å². The lowest BCUT2D eigenvalue weighted by molar-refractivity contribution is -0.123. The predicted molar refractivity (Wildman–Crippen MR) is 144 cm³/mol. The maximum Gasteiger partial charge on any atom is 0.293 e. The number of hydrogen-bond donors (Lipinski definition) is 0. The molecular formula is C25H17Cl2FINO4S. The third-order valence-electron chi connectivity index (χ3n) is 5.08. The zero-order valence-corrected chi connectivity index (χ0v) is 22.7. The van der Waals surface area contributed by atoms with E-state index in [1.54, 1.807) is 54.6 Å². The van der Waals surface area contributed by atoms with Crippen molar-refractivity contribution in [3.05, 3.63) is 95.6 Å². The molecule has 5 nitrogen and oxygen atoms in total. The molecule has 0 unspecified atom stereocenters. The highest BCUT2D eigenvalue weighted by Crippen LogP contribution is 2.38. The van der Waals surface area contributed by atoms with Crippen LogP contribution in [0.5, 0.6) is 11.5 Å². The molecule has 0 spiro atoms. The van der Waals surface area contributed by atoms with Crippen molar-refractivity contribution in [1.29, 1.82) is 0 Å². The minimum absolute atomic E-state index is 0.0337. The van der Waals surface area contributed by atoms with Crippen LogP contribution in [0.15, 0.2) is 59.5 Å². The second kappa shape index (κ2) is 11.2. The van der Waals surface area contributed by atoms with Gasteiger partial charge in [0.05, 0.1) is 32.2 Å². The number of methoxy groups -OCH3 is 1. The lowest BCUT2D eigenvalue weighted by Crippen LogP contribution is -2.27. The molecule has 0 aromatic heterocycles. The Morgan fingerprint density at radius 2 is 1.86 bits per heavy atom. The molecule has 0 radical (unpaired) electrons. The second-order valence-corrected chi connectivity index (χ2v) is 10.4. The summed E-state index contributed by atoms with van der Waals surface area (Å²) in [6, 6.07) is 14.8. The number of thioether (sulfide) groups is 1. The summed E-state index contributed by atoms with van der Waals surface area (Å²) in [6.45, 7) is 0.120. The average Bonchev–Trinajstić information content (AvgIpc) is 3.08. The Labute approximate surface area is 229 Å². The number of nitrogens with zero attached hydrogens (tertiary/aromatic N) is 1. The molecule has 1 aliphatic heterocycles. The highest BCUT2D eigenvalue weighted by molar-refractivity contribution is 14.1. The average molecular weight is 644 g/mol. The van der Waals surface area contributed by atoms with Crippen molar-refractivity contribution in [3.8, 4) is 11.5 Å². The van der Waals surface area contributed by atoms with Crippen LogP contribution in [0, 0.1) is 9.39 Å². The third kappa shape index (κ3) is 5.94. The predicted octanol–water partition coefficient (Wildman–Crippen LogP) is 7.56. The zero-order chi connectivity index (χ0) is 25.1. The van der Waals surface area contributed by atoms with E-state index in [1.807, 2.05) is 0 Å². The number of carbonyl (C=O) groups is 2. The first kappa shape index (κ1) is 25.8. The minimum atomic E-state index is -0.403. The van der Waals surface area contributed by atoms with Gasteiger partial charge in [0.1, 0.15) is 12.4 Å². The SMILES string of the molecule is COc1cc(/C=C2/SC(=O)N(Cc3ccc(Cl)c(Cl)c3)C2=O)cc(I)c1OCc1ccccc1F. The van der Waals surface area contributed by atoms with Crippen molar-refractivity contribution in [2.45, 2.75) is 13.2 Å². The molecule has 1 aliphatic rings. The molecule has 0 atom stereocenters. The Morgan fingerprint density at radius 3 is 2.57 bits per heavy atom. The molecule has 2 amide bonds. The van der Waals surface area contributed by atoms with Crippen LogP contribution >= 0.6 is 57.6 Å². The molecule has 1 saturated heterocycles. The van der Waals surface area contributed by atoms with Crippen LogP contribution in [0.4, 0.5) is 9.18 Å². The van der Waals surface area contributed by atoms with Gasteiger partial charge in [0.25, 0.3) is 11.1 Å². The van der Waals surface area contributed by atoms with Crippen LogP contribution in [0.3, 0.4) is 0 Å². The molecule has 0 N–H and O–H groups in total. The molecule has 3 aromatic carbocycles. The summed E-state index contributed by atoms with van der Waals surface area (Å²) in [5, 5.41) is 0.374. The Balaban J connectivity index is 1.54. The highest BCUT2D eigenvalue weighted by Gasteiger charge is 2.35. The quantitative estimate of drug-likeness (QED) is 0.196. The molecule has 35 heavy (non-hydrogen) atoms. The molecule has 180 valence electrons. The van der Waals surface area contributed by atoms with Gasteiger partial charge in [-0.15, -0.1) is 0 Å². The largest absolute Gasteiger partial charge is 0.493 e. The van der Waals surface area contributed by atoms with Gasteiger partial charge in [-0.05, 0) is 81.9 Å². The summed E-state index contributed by atoms with van der Waals surface area (Å²) >= 11 is 14.9. The molecule has 1 heterocycles. The molecule has 0 bridgehead atoms. The lowest BCUT2D eigenvalue weighted by Gasteiger charge is -2.14. The Kier molecular flexibility index (Phi) is 8.26. The van der Waals surface area contributed by atoms with Gasteiger partial charge in [0, 0.05) is 5.56 Å². The summed E-state index contributed by atoms with van der Waals surface area (Å²) in [5.74, 6) is 0.130. The fourth-order valence-corrected chi connectivity index (χ4v) is 5.28. The number of rotatable bonds is 7.